The molecule has 1 N–H and O–H groups in total. The molecular formula is C19H18ClN5O2. The van der Waals surface area contributed by atoms with Gasteiger partial charge in [0.15, 0.2) is 0 Å². The van der Waals surface area contributed by atoms with Crippen molar-refractivity contribution in [1.29, 1.82) is 0 Å². The highest BCUT2D eigenvalue weighted by Crippen LogP contribution is 2.22. The number of benzene rings is 2. The molecule has 2 heterocycles. The number of anilines is 1. The van der Waals surface area contributed by atoms with Crippen molar-refractivity contribution >= 4 is 45.5 Å². The number of nitrogens with one attached hydrogen (secondary N) is 1. The van der Waals surface area contributed by atoms with Crippen LogP contribution in [0.2, 0.25) is 5.02 Å². The van der Waals surface area contributed by atoms with Crippen molar-refractivity contribution in [3.63, 3.8) is 0 Å². The average Bonchev–Trinajstić information content (AvgIpc) is 3.09. The van der Waals surface area contributed by atoms with Crippen molar-refractivity contribution in [3.05, 3.63) is 58.0 Å². The fourth-order valence-corrected chi connectivity index (χ4v) is 3.49. The van der Waals surface area contributed by atoms with E-state index >= 15 is 0 Å². The van der Waals surface area contributed by atoms with Gasteiger partial charge >= 0.3 is 5.69 Å². The van der Waals surface area contributed by atoms with Crippen LogP contribution in [0.3, 0.4) is 0 Å². The fraction of sp³-hybridized carbons (Fsp3) is 0.211. The summed E-state index contributed by atoms with van der Waals surface area (Å²) in [5.74, 6) is 0.0881. The number of carbonyl (C=O) groups is 1. The second-order valence-corrected chi connectivity index (χ2v) is 6.71. The lowest BCUT2D eigenvalue weighted by molar-refractivity contribution is -0.116. The van der Waals surface area contributed by atoms with Crippen molar-refractivity contribution in [3.8, 4) is 0 Å². The lowest BCUT2D eigenvalue weighted by atomic mass is 10.3. The molecule has 0 aliphatic heterocycles. The van der Waals surface area contributed by atoms with E-state index in [4.69, 9.17) is 11.6 Å². The minimum Gasteiger partial charge on any atom is -0.313 e. The summed E-state index contributed by atoms with van der Waals surface area (Å²) >= 11 is 6.01. The summed E-state index contributed by atoms with van der Waals surface area (Å²) in [4.78, 5) is 29.7. The number of carbonyl (C=O) groups excluding carboxylic acids is 1. The van der Waals surface area contributed by atoms with E-state index in [1.54, 1.807) is 21.3 Å². The Morgan fingerprint density at radius 1 is 1.11 bits per heavy atom. The zero-order valence-electron chi connectivity index (χ0n) is 14.9. The summed E-state index contributed by atoms with van der Waals surface area (Å²) in [7, 11) is 1.81. The summed E-state index contributed by atoms with van der Waals surface area (Å²) in [6, 6.07) is 12.8. The van der Waals surface area contributed by atoms with Gasteiger partial charge in [-0.1, -0.05) is 23.7 Å². The first-order chi connectivity index (χ1) is 13.0. The first-order valence-electron chi connectivity index (χ1n) is 8.59. The van der Waals surface area contributed by atoms with Crippen LogP contribution in [0.5, 0.6) is 0 Å². The number of imidazole rings is 2. The van der Waals surface area contributed by atoms with E-state index in [0.717, 1.165) is 16.6 Å². The summed E-state index contributed by atoms with van der Waals surface area (Å²) in [6.07, 6.45) is 0. The Labute approximate surface area is 159 Å². The molecule has 0 atom stereocenters. The number of rotatable bonds is 4. The monoisotopic (exact) mass is 383 g/mol. The highest BCUT2D eigenvalue weighted by molar-refractivity contribution is 6.31. The molecule has 0 unspecified atom stereocenters. The third-order valence-corrected chi connectivity index (χ3v) is 4.87. The Balaban J connectivity index is 1.66. The number of aryl methyl sites for hydroxylation is 2. The lowest BCUT2D eigenvalue weighted by Crippen LogP contribution is -2.29. The van der Waals surface area contributed by atoms with Crippen LogP contribution in [-0.4, -0.2) is 24.6 Å². The van der Waals surface area contributed by atoms with Gasteiger partial charge in [0, 0.05) is 18.6 Å². The Kier molecular flexibility index (Phi) is 4.24. The molecule has 0 aliphatic rings. The maximum absolute atomic E-state index is 12.7. The Morgan fingerprint density at radius 2 is 1.81 bits per heavy atom. The molecule has 4 rings (SSSR count). The number of amides is 1. The molecule has 0 fully saturated rings. The highest BCUT2D eigenvalue weighted by Gasteiger charge is 2.16. The molecule has 0 saturated heterocycles. The Morgan fingerprint density at radius 3 is 2.52 bits per heavy atom. The molecule has 2 aromatic heterocycles. The average molecular weight is 384 g/mol. The van der Waals surface area contributed by atoms with Crippen LogP contribution in [0.1, 0.15) is 6.92 Å². The maximum atomic E-state index is 12.7. The summed E-state index contributed by atoms with van der Waals surface area (Å²) < 4.78 is 4.91. The van der Waals surface area contributed by atoms with E-state index in [-0.39, 0.29) is 18.1 Å². The van der Waals surface area contributed by atoms with Gasteiger partial charge in [0.1, 0.15) is 6.54 Å². The lowest BCUT2D eigenvalue weighted by Gasteiger charge is -2.06. The molecule has 0 saturated carbocycles. The smallest absolute Gasteiger partial charge is 0.313 e. The van der Waals surface area contributed by atoms with E-state index < -0.39 is 0 Å². The van der Waals surface area contributed by atoms with Gasteiger partial charge in [0.05, 0.1) is 22.1 Å². The second kappa shape index (κ2) is 6.59. The van der Waals surface area contributed by atoms with Gasteiger partial charge < -0.3 is 4.57 Å². The largest absolute Gasteiger partial charge is 0.329 e. The van der Waals surface area contributed by atoms with Crippen LogP contribution in [-0.2, 0) is 24.9 Å². The van der Waals surface area contributed by atoms with E-state index in [9.17, 15) is 9.59 Å². The number of halogens is 1. The number of fused-ring (bicyclic) bond motifs is 2. The minimum absolute atomic E-state index is 0.0870. The number of aromatic nitrogens is 4. The molecule has 2 aromatic carbocycles. The van der Waals surface area contributed by atoms with Crippen molar-refractivity contribution in [1.82, 2.24) is 18.7 Å². The maximum Gasteiger partial charge on any atom is 0.329 e. The number of hydrogen-bond acceptors (Lipinski definition) is 3. The van der Waals surface area contributed by atoms with Crippen LogP contribution in [0.15, 0.2) is 47.3 Å². The third kappa shape index (κ3) is 2.90. The highest BCUT2D eigenvalue weighted by atomic mass is 35.5. The first-order valence-corrected chi connectivity index (χ1v) is 8.97. The zero-order chi connectivity index (χ0) is 19.1. The normalized spacial score (nSPS) is 11.4. The van der Waals surface area contributed by atoms with Crippen LogP contribution in [0.4, 0.5) is 5.95 Å². The Bertz CT molecular complexity index is 1230. The van der Waals surface area contributed by atoms with Crippen molar-refractivity contribution in [2.24, 2.45) is 7.05 Å². The summed E-state index contributed by atoms with van der Waals surface area (Å²) in [6.45, 7) is 2.36. The van der Waals surface area contributed by atoms with Gasteiger partial charge in [-0.2, -0.15) is 0 Å². The standard InChI is InChI=1S/C19H18ClN5O2/c1-3-24-15-6-4-5-7-16(15)25(19(24)27)11-17(26)22-18-21-13-10-12(20)8-9-14(13)23(18)2/h4-10H,3,11H2,1-2H3,(H,21,22,26). The predicted octanol–water partition coefficient (Wildman–Crippen LogP) is 3.00. The van der Waals surface area contributed by atoms with Gasteiger partial charge in [-0.15, -0.1) is 0 Å². The fourth-order valence-electron chi connectivity index (χ4n) is 3.32. The van der Waals surface area contributed by atoms with Crippen LogP contribution >= 0.6 is 11.6 Å². The first kappa shape index (κ1) is 17.4. The van der Waals surface area contributed by atoms with Gasteiger partial charge in [-0.3, -0.25) is 19.2 Å². The molecule has 0 radical (unpaired) electrons. The van der Waals surface area contributed by atoms with E-state index in [1.165, 1.54) is 4.57 Å². The molecule has 0 spiro atoms. The van der Waals surface area contributed by atoms with E-state index in [1.807, 2.05) is 44.3 Å². The predicted molar refractivity (Wildman–Crippen MR) is 106 cm³/mol. The minimum atomic E-state index is -0.319. The second-order valence-electron chi connectivity index (χ2n) is 6.28. The number of hydrogen-bond donors (Lipinski definition) is 1. The Hall–Kier alpha value is -3.06. The molecule has 1 amide bonds. The number of nitrogens with zero attached hydrogens (tertiary/aromatic N) is 4. The topological polar surface area (TPSA) is 73.8 Å². The molecular weight excluding hydrogens is 366 g/mol. The van der Waals surface area contributed by atoms with E-state index in [2.05, 4.69) is 10.3 Å². The molecule has 138 valence electrons. The molecule has 0 bridgehead atoms. The summed E-state index contributed by atoms with van der Waals surface area (Å²) in [5, 5.41) is 3.37. The van der Waals surface area contributed by atoms with Crippen molar-refractivity contribution in [2.75, 3.05) is 5.32 Å². The van der Waals surface area contributed by atoms with Crippen molar-refractivity contribution in [2.45, 2.75) is 20.0 Å². The van der Waals surface area contributed by atoms with Crippen LogP contribution < -0.4 is 11.0 Å². The summed E-state index contributed by atoms with van der Waals surface area (Å²) in [5.41, 5.74) is 2.89. The van der Waals surface area contributed by atoms with Crippen molar-refractivity contribution < 1.29 is 4.79 Å². The van der Waals surface area contributed by atoms with Gasteiger partial charge in [-0.25, -0.2) is 9.78 Å². The molecule has 4 aromatic rings. The molecule has 0 aliphatic carbocycles. The van der Waals surface area contributed by atoms with Gasteiger partial charge in [0.2, 0.25) is 11.9 Å². The molecule has 8 heteroatoms. The van der Waals surface area contributed by atoms with Gasteiger partial charge in [0.25, 0.3) is 0 Å². The molecule has 27 heavy (non-hydrogen) atoms. The third-order valence-electron chi connectivity index (χ3n) is 4.64. The van der Waals surface area contributed by atoms with Crippen LogP contribution in [0, 0.1) is 0 Å². The van der Waals surface area contributed by atoms with E-state index in [0.29, 0.717) is 23.0 Å². The van der Waals surface area contributed by atoms with Crippen LogP contribution in [0.25, 0.3) is 22.1 Å². The van der Waals surface area contributed by atoms with Gasteiger partial charge in [-0.05, 0) is 37.3 Å². The molecule has 7 nitrogen and oxygen atoms in total. The zero-order valence-corrected chi connectivity index (χ0v) is 15.7. The number of para-hydroxylation sites is 2. The quantitative estimate of drug-likeness (QED) is 0.588. The SMILES string of the molecule is CCn1c(=O)n(CC(=O)Nc2nc3cc(Cl)ccc3n2C)c2ccccc21.